The van der Waals surface area contributed by atoms with Crippen LogP contribution in [0.1, 0.15) is 33.6 Å². The molecule has 0 saturated carbocycles. The summed E-state index contributed by atoms with van der Waals surface area (Å²) >= 11 is 0. The van der Waals surface area contributed by atoms with Crippen LogP contribution >= 0.6 is 0 Å². The van der Waals surface area contributed by atoms with E-state index in [-0.39, 0.29) is 0 Å². The van der Waals surface area contributed by atoms with Crippen LogP contribution in [0.3, 0.4) is 0 Å². The second kappa shape index (κ2) is 5.28. The molecule has 1 heterocycles. The molecule has 0 aromatic heterocycles. The summed E-state index contributed by atoms with van der Waals surface area (Å²) in [5, 5.41) is 0. The number of nitrogens with two attached hydrogens (primary N) is 1. The molecule has 1 saturated heterocycles. The molecule has 15 heavy (non-hydrogen) atoms. The van der Waals surface area contributed by atoms with Crippen LogP contribution in [0, 0.1) is 0 Å². The van der Waals surface area contributed by atoms with Gasteiger partial charge in [0, 0.05) is 24.7 Å². The highest BCUT2D eigenvalue weighted by atomic mass is 15.2. The van der Waals surface area contributed by atoms with Gasteiger partial charge in [-0.2, -0.15) is 0 Å². The maximum Gasteiger partial charge on any atom is 0.0124 e. The van der Waals surface area contributed by atoms with Crippen molar-refractivity contribution >= 4 is 0 Å². The summed E-state index contributed by atoms with van der Waals surface area (Å²) in [6.07, 6.45) is 2.57. The van der Waals surface area contributed by atoms with Crippen molar-refractivity contribution in [1.82, 2.24) is 9.80 Å². The number of hydrogen-bond acceptors (Lipinski definition) is 3. The van der Waals surface area contributed by atoms with Crippen molar-refractivity contribution in [2.75, 3.05) is 33.2 Å². The van der Waals surface area contributed by atoms with E-state index < -0.39 is 0 Å². The van der Waals surface area contributed by atoms with E-state index in [1.807, 2.05) is 0 Å². The van der Waals surface area contributed by atoms with Gasteiger partial charge in [0.25, 0.3) is 0 Å². The largest absolute Gasteiger partial charge is 0.329 e. The van der Waals surface area contributed by atoms with Crippen LogP contribution in [0.15, 0.2) is 0 Å². The number of rotatable bonds is 3. The van der Waals surface area contributed by atoms with Gasteiger partial charge in [-0.05, 0) is 53.8 Å². The van der Waals surface area contributed by atoms with Crippen molar-refractivity contribution in [2.45, 2.75) is 45.2 Å². The molecule has 0 unspecified atom stereocenters. The summed E-state index contributed by atoms with van der Waals surface area (Å²) in [7, 11) is 2.25. The van der Waals surface area contributed by atoms with E-state index in [2.05, 4.69) is 37.6 Å². The van der Waals surface area contributed by atoms with E-state index in [1.54, 1.807) is 0 Å². The Balaban J connectivity index is 2.37. The lowest BCUT2D eigenvalue weighted by Crippen LogP contribution is -2.50. The van der Waals surface area contributed by atoms with Crippen LogP contribution in [0.5, 0.6) is 0 Å². The zero-order valence-electron chi connectivity index (χ0n) is 10.8. The van der Waals surface area contributed by atoms with Gasteiger partial charge < -0.3 is 10.6 Å². The highest BCUT2D eigenvalue weighted by Gasteiger charge is 2.28. The Bertz CT molecular complexity index is 178. The lowest BCUT2D eigenvalue weighted by atomic mass is 9.97. The van der Waals surface area contributed by atoms with Gasteiger partial charge in [-0.1, -0.05) is 0 Å². The summed E-state index contributed by atoms with van der Waals surface area (Å²) in [5.74, 6) is 0. The number of piperidine rings is 1. The Morgan fingerprint density at radius 1 is 1.27 bits per heavy atom. The molecule has 0 aromatic carbocycles. The standard InChI is InChI=1S/C12H27N3/c1-12(2,3)14(4)11-5-8-15(9-6-11)10-7-13/h11H,5-10,13H2,1-4H3. The summed E-state index contributed by atoms with van der Waals surface area (Å²) in [6.45, 7) is 11.1. The van der Waals surface area contributed by atoms with Crippen molar-refractivity contribution in [3.8, 4) is 0 Å². The molecule has 0 radical (unpaired) electrons. The number of likely N-dealkylation sites (tertiary alicyclic amines) is 1. The van der Waals surface area contributed by atoms with Crippen LogP contribution < -0.4 is 5.73 Å². The van der Waals surface area contributed by atoms with E-state index in [1.165, 1.54) is 25.9 Å². The monoisotopic (exact) mass is 213 g/mol. The molecule has 0 spiro atoms. The van der Waals surface area contributed by atoms with E-state index in [9.17, 15) is 0 Å². The first-order valence-corrected chi connectivity index (χ1v) is 6.10. The van der Waals surface area contributed by atoms with Crippen LogP contribution in [-0.4, -0.2) is 54.6 Å². The molecule has 0 atom stereocenters. The number of nitrogens with zero attached hydrogens (tertiary/aromatic N) is 2. The van der Waals surface area contributed by atoms with Gasteiger partial charge in [0.05, 0.1) is 0 Å². The molecule has 3 nitrogen and oxygen atoms in total. The first-order chi connectivity index (χ1) is 6.95. The Hall–Kier alpha value is -0.120. The highest BCUT2D eigenvalue weighted by molar-refractivity contribution is 4.84. The molecule has 1 aliphatic heterocycles. The maximum absolute atomic E-state index is 5.57. The van der Waals surface area contributed by atoms with Gasteiger partial charge in [0.2, 0.25) is 0 Å². The van der Waals surface area contributed by atoms with E-state index >= 15 is 0 Å². The zero-order chi connectivity index (χ0) is 11.5. The zero-order valence-corrected chi connectivity index (χ0v) is 10.8. The molecule has 3 heteroatoms. The molecule has 1 fully saturated rings. The van der Waals surface area contributed by atoms with Crippen molar-refractivity contribution in [3.63, 3.8) is 0 Å². The normalized spacial score (nSPS) is 21.2. The quantitative estimate of drug-likeness (QED) is 0.763. The van der Waals surface area contributed by atoms with Gasteiger partial charge in [-0.15, -0.1) is 0 Å². The minimum absolute atomic E-state index is 0.292. The van der Waals surface area contributed by atoms with Crippen molar-refractivity contribution in [1.29, 1.82) is 0 Å². The fraction of sp³-hybridized carbons (Fsp3) is 1.00. The highest BCUT2D eigenvalue weighted by Crippen LogP contribution is 2.22. The topological polar surface area (TPSA) is 32.5 Å². The Morgan fingerprint density at radius 2 is 1.80 bits per heavy atom. The molecule has 90 valence electrons. The fourth-order valence-corrected chi connectivity index (χ4v) is 2.26. The summed E-state index contributed by atoms with van der Waals surface area (Å²) in [4.78, 5) is 5.00. The molecule has 0 amide bonds. The van der Waals surface area contributed by atoms with Gasteiger partial charge >= 0.3 is 0 Å². The van der Waals surface area contributed by atoms with E-state index in [0.717, 1.165) is 19.1 Å². The predicted molar refractivity (Wildman–Crippen MR) is 66.0 cm³/mol. The predicted octanol–water partition coefficient (Wildman–Crippen LogP) is 1.14. The van der Waals surface area contributed by atoms with Gasteiger partial charge in [-0.3, -0.25) is 4.90 Å². The minimum atomic E-state index is 0.292. The third kappa shape index (κ3) is 3.74. The molecular formula is C12H27N3. The van der Waals surface area contributed by atoms with Crippen molar-refractivity contribution < 1.29 is 0 Å². The molecule has 1 rings (SSSR count). The first-order valence-electron chi connectivity index (χ1n) is 6.10. The molecule has 0 aromatic rings. The van der Waals surface area contributed by atoms with Crippen LogP contribution in [-0.2, 0) is 0 Å². The van der Waals surface area contributed by atoms with Crippen molar-refractivity contribution in [3.05, 3.63) is 0 Å². The molecule has 0 aliphatic carbocycles. The van der Waals surface area contributed by atoms with Crippen LogP contribution in [0.2, 0.25) is 0 Å². The second-order valence-corrected chi connectivity index (χ2v) is 5.64. The Morgan fingerprint density at radius 3 is 2.20 bits per heavy atom. The second-order valence-electron chi connectivity index (χ2n) is 5.64. The average Bonchev–Trinajstić information content (AvgIpc) is 2.17. The molecule has 1 aliphatic rings. The maximum atomic E-state index is 5.57. The Labute approximate surface area is 94.6 Å². The lowest BCUT2D eigenvalue weighted by molar-refractivity contribution is 0.0652. The third-order valence-electron chi connectivity index (χ3n) is 3.61. The lowest BCUT2D eigenvalue weighted by Gasteiger charge is -2.43. The third-order valence-corrected chi connectivity index (χ3v) is 3.61. The van der Waals surface area contributed by atoms with Gasteiger partial charge in [0.1, 0.15) is 0 Å². The molecule has 0 bridgehead atoms. The smallest absolute Gasteiger partial charge is 0.0124 e. The van der Waals surface area contributed by atoms with Gasteiger partial charge in [-0.25, -0.2) is 0 Å². The van der Waals surface area contributed by atoms with Gasteiger partial charge in [0.15, 0.2) is 0 Å². The summed E-state index contributed by atoms with van der Waals surface area (Å²) < 4.78 is 0. The summed E-state index contributed by atoms with van der Waals surface area (Å²) in [6, 6.07) is 0.749. The molecular weight excluding hydrogens is 186 g/mol. The minimum Gasteiger partial charge on any atom is -0.329 e. The first kappa shape index (κ1) is 12.9. The SMILES string of the molecule is CN(C1CCN(CCN)CC1)C(C)(C)C. The Kier molecular flexibility index (Phi) is 4.56. The van der Waals surface area contributed by atoms with Crippen LogP contribution in [0.25, 0.3) is 0 Å². The number of hydrogen-bond donors (Lipinski definition) is 1. The van der Waals surface area contributed by atoms with E-state index in [4.69, 9.17) is 5.73 Å². The van der Waals surface area contributed by atoms with Crippen molar-refractivity contribution in [2.24, 2.45) is 5.73 Å². The fourth-order valence-electron chi connectivity index (χ4n) is 2.26. The van der Waals surface area contributed by atoms with Crippen LogP contribution in [0.4, 0.5) is 0 Å². The van der Waals surface area contributed by atoms with E-state index in [0.29, 0.717) is 5.54 Å². The summed E-state index contributed by atoms with van der Waals surface area (Å²) in [5.41, 5.74) is 5.86. The molecule has 2 N–H and O–H groups in total. The average molecular weight is 213 g/mol.